The van der Waals surface area contributed by atoms with Gasteiger partial charge in [0.05, 0.1) is 19.3 Å². The maximum Gasteiger partial charge on any atom is 0.313 e. The van der Waals surface area contributed by atoms with E-state index in [4.69, 9.17) is 18.9 Å². The molecule has 0 unspecified atom stereocenters. The number of hydrogen-bond acceptors (Lipinski definition) is 6. The Labute approximate surface area is 291 Å². The third-order valence-electron chi connectivity index (χ3n) is 9.63. The summed E-state index contributed by atoms with van der Waals surface area (Å²) in [5.41, 5.74) is 4.36. The lowest BCUT2D eigenvalue weighted by Crippen LogP contribution is -2.43. The summed E-state index contributed by atoms with van der Waals surface area (Å²) in [7, 11) is 1.74. The standard InChI is InChI=1S/C42H62O6/c1-27(2)37-17-13-16-32(41(37)45-11)15-12-14-30(7)18-20-34(43)25-40(44)48-39-22-31(8)19-21-38(39)42(9,10)33-23-35(46-28(3)4)26-36(24-33)47-29(5)6/h13-14,16-17,23-24,26-29,31,38-39H,12,15,18-22,25H2,1-11H3/b30-14+/t31-,38-,39-/m1/s1. The normalized spacial score (nSPS) is 18.7. The number of carbonyl (C=O) groups is 2. The van der Waals surface area contributed by atoms with Crippen molar-refractivity contribution in [3.05, 3.63) is 64.7 Å². The van der Waals surface area contributed by atoms with Crippen LogP contribution < -0.4 is 14.2 Å². The number of hydrogen-bond donors (Lipinski definition) is 0. The lowest BCUT2D eigenvalue weighted by Gasteiger charge is -2.44. The molecule has 2 aromatic carbocycles. The lowest BCUT2D eigenvalue weighted by atomic mass is 9.64. The van der Waals surface area contributed by atoms with Crippen LogP contribution in [0.5, 0.6) is 17.2 Å². The van der Waals surface area contributed by atoms with Gasteiger partial charge in [-0.2, -0.15) is 0 Å². The van der Waals surface area contributed by atoms with Crippen LogP contribution in [0.2, 0.25) is 0 Å². The minimum absolute atomic E-state index is 0.0350. The van der Waals surface area contributed by atoms with E-state index in [9.17, 15) is 9.59 Å². The van der Waals surface area contributed by atoms with E-state index in [1.165, 1.54) is 11.1 Å². The number of rotatable bonds is 17. The number of ether oxygens (including phenoxy) is 4. The molecule has 2 aromatic rings. The number of para-hydroxylation sites is 1. The van der Waals surface area contributed by atoms with Gasteiger partial charge in [0.15, 0.2) is 0 Å². The van der Waals surface area contributed by atoms with Gasteiger partial charge in [-0.1, -0.05) is 70.9 Å². The maximum atomic E-state index is 13.2. The van der Waals surface area contributed by atoms with E-state index in [1.807, 2.05) is 33.8 Å². The first-order chi connectivity index (χ1) is 22.6. The van der Waals surface area contributed by atoms with Crippen LogP contribution in [0.1, 0.15) is 137 Å². The van der Waals surface area contributed by atoms with E-state index < -0.39 is 5.97 Å². The molecule has 3 rings (SSSR count). The average Bonchev–Trinajstić information content (AvgIpc) is 2.98. The summed E-state index contributed by atoms with van der Waals surface area (Å²) < 4.78 is 24.1. The van der Waals surface area contributed by atoms with Gasteiger partial charge in [-0.05, 0) is 113 Å². The first-order valence-electron chi connectivity index (χ1n) is 18.1. The molecule has 6 nitrogen and oxygen atoms in total. The molecule has 3 atom stereocenters. The van der Waals surface area contributed by atoms with Gasteiger partial charge in [-0.15, -0.1) is 0 Å². The van der Waals surface area contributed by atoms with Crippen molar-refractivity contribution in [2.45, 2.75) is 150 Å². The van der Waals surface area contributed by atoms with Crippen molar-refractivity contribution in [3.63, 3.8) is 0 Å². The number of methoxy groups -OCH3 is 1. The molecule has 0 bridgehead atoms. The molecule has 0 saturated heterocycles. The predicted octanol–water partition coefficient (Wildman–Crippen LogP) is 10.3. The quantitative estimate of drug-likeness (QED) is 0.0954. The van der Waals surface area contributed by atoms with Crippen molar-refractivity contribution in [2.75, 3.05) is 7.11 Å². The van der Waals surface area contributed by atoms with Crippen LogP contribution in [0.25, 0.3) is 0 Å². The summed E-state index contributed by atoms with van der Waals surface area (Å²) in [6, 6.07) is 12.5. The van der Waals surface area contributed by atoms with Crippen molar-refractivity contribution < 1.29 is 28.5 Å². The van der Waals surface area contributed by atoms with E-state index in [1.54, 1.807) is 7.11 Å². The number of esters is 1. The van der Waals surface area contributed by atoms with Crippen LogP contribution in [0.3, 0.4) is 0 Å². The molecule has 0 aliphatic heterocycles. The Balaban J connectivity index is 1.62. The number of benzene rings is 2. The van der Waals surface area contributed by atoms with Crippen LogP contribution in [0, 0.1) is 11.8 Å². The monoisotopic (exact) mass is 662 g/mol. The molecule has 266 valence electrons. The molecule has 0 aromatic heterocycles. The summed E-state index contributed by atoms with van der Waals surface area (Å²) in [4.78, 5) is 26.1. The predicted molar refractivity (Wildman–Crippen MR) is 195 cm³/mol. The van der Waals surface area contributed by atoms with Gasteiger partial charge in [-0.25, -0.2) is 0 Å². The maximum absolute atomic E-state index is 13.2. The van der Waals surface area contributed by atoms with E-state index in [0.29, 0.717) is 24.7 Å². The van der Waals surface area contributed by atoms with Crippen LogP contribution in [0.4, 0.5) is 0 Å². The van der Waals surface area contributed by atoms with Crippen LogP contribution >= 0.6 is 0 Å². The van der Waals surface area contributed by atoms with Gasteiger partial charge in [-0.3, -0.25) is 9.59 Å². The second-order valence-corrected chi connectivity index (χ2v) is 15.3. The molecule has 1 saturated carbocycles. The fourth-order valence-corrected chi connectivity index (χ4v) is 7.00. The smallest absolute Gasteiger partial charge is 0.313 e. The highest BCUT2D eigenvalue weighted by Gasteiger charge is 2.42. The second kappa shape index (κ2) is 17.9. The zero-order valence-corrected chi connectivity index (χ0v) is 31.6. The van der Waals surface area contributed by atoms with Crippen molar-refractivity contribution in [2.24, 2.45) is 11.8 Å². The van der Waals surface area contributed by atoms with Gasteiger partial charge in [0.1, 0.15) is 35.6 Å². The minimum atomic E-state index is -0.417. The van der Waals surface area contributed by atoms with E-state index >= 15 is 0 Å². The van der Waals surface area contributed by atoms with E-state index in [2.05, 4.69) is 78.0 Å². The van der Waals surface area contributed by atoms with Crippen molar-refractivity contribution in [3.8, 4) is 17.2 Å². The van der Waals surface area contributed by atoms with Gasteiger partial charge >= 0.3 is 5.97 Å². The highest BCUT2D eigenvalue weighted by molar-refractivity contribution is 5.95. The first kappa shape index (κ1) is 39.2. The molecular weight excluding hydrogens is 600 g/mol. The fraction of sp³-hybridized carbons (Fsp3) is 0.619. The highest BCUT2D eigenvalue weighted by atomic mass is 16.5. The van der Waals surface area contributed by atoms with Crippen molar-refractivity contribution >= 4 is 11.8 Å². The SMILES string of the molecule is COc1c(CC/C=C(\C)CCC(=O)CC(=O)O[C@@H]2C[C@H](C)CC[C@H]2C(C)(C)c2cc(OC(C)C)cc(OC(C)C)c2)cccc1C(C)C. The number of aryl methyl sites for hydroxylation is 1. The lowest BCUT2D eigenvalue weighted by molar-refractivity contribution is -0.157. The first-order valence-corrected chi connectivity index (χ1v) is 18.1. The van der Waals surface area contributed by atoms with Gasteiger partial charge in [0.2, 0.25) is 0 Å². The molecule has 1 aliphatic carbocycles. The van der Waals surface area contributed by atoms with E-state index in [0.717, 1.165) is 60.5 Å². The van der Waals surface area contributed by atoms with E-state index in [-0.39, 0.29) is 41.8 Å². The third kappa shape index (κ3) is 11.4. The topological polar surface area (TPSA) is 71.1 Å². The zero-order chi connectivity index (χ0) is 35.6. The summed E-state index contributed by atoms with van der Waals surface area (Å²) in [5.74, 6) is 2.97. The van der Waals surface area contributed by atoms with Crippen molar-refractivity contribution in [1.29, 1.82) is 0 Å². The van der Waals surface area contributed by atoms with Gasteiger partial charge in [0.25, 0.3) is 0 Å². The Morgan fingerprint density at radius 2 is 1.58 bits per heavy atom. The summed E-state index contributed by atoms with van der Waals surface area (Å²) in [6.45, 7) is 21.1. The average molecular weight is 663 g/mol. The molecule has 0 heterocycles. The Hall–Kier alpha value is -3.28. The van der Waals surface area contributed by atoms with Crippen molar-refractivity contribution in [1.82, 2.24) is 0 Å². The van der Waals surface area contributed by atoms with Crippen LogP contribution in [-0.4, -0.2) is 37.2 Å². The molecule has 0 amide bonds. The summed E-state index contributed by atoms with van der Waals surface area (Å²) >= 11 is 0. The highest BCUT2D eigenvalue weighted by Crippen LogP contribution is 2.45. The molecular formula is C42H62O6. The summed E-state index contributed by atoms with van der Waals surface area (Å²) in [5, 5.41) is 0. The number of carbonyl (C=O) groups excluding carboxylic acids is 2. The number of Topliss-reactive ketones (excluding diaryl/α,β-unsaturated/α-hetero) is 1. The molecule has 0 spiro atoms. The number of allylic oxidation sites excluding steroid dienone is 2. The molecule has 1 aliphatic rings. The van der Waals surface area contributed by atoms with Gasteiger partial charge < -0.3 is 18.9 Å². The zero-order valence-electron chi connectivity index (χ0n) is 31.6. The number of ketones is 1. The summed E-state index contributed by atoms with van der Waals surface area (Å²) in [6.07, 6.45) is 7.33. The Morgan fingerprint density at radius 1 is 0.938 bits per heavy atom. The van der Waals surface area contributed by atoms with Crippen LogP contribution in [0.15, 0.2) is 48.0 Å². The molecule has 0 N–H and O–H groups in total. The Morgan fingerprint density at radius 3 is 2.17 bits per heavy atom. The second-order valence-electron chi connectivity index (χ2n) is 15.3. The van der Waals surface area contributed by atoms with Crippen LogP contribution in [-0.2, 0) is 26.2 Å². The van der Waals surface area contributed by atoms with Gasteiger partial charge in [0, 0.05) is 18.4 Å². The molecule has 48 heavy (non-hydrogen) atoms. The largest absolute Gasteiger partial charge is 0.496 e. The fourth-order valence-electron chi connectivity index (χ4n) is 7.00. The molecule has 0 radical (unpaired) electrons. The minimum Gasteiger partial charge on any atom is -0.496 e. The molecule has 6 heteroatoms. The Kier molecular flexibility index (Phi) is 14.6. The molecule has 1 fully saturated rings. The third-order valence-corrected chi connectivity index (χ3v) is 9.63. The Bertz CT molecular complexity index is 1360.